The van der Waals surface area contributed by atoms with Crippen molar-refractivity contribution >= 4 is 47.5 Å². The Hall–Kier alpha value is -7.04. The maximum atomic E-state index is 13.0. The van der Waals surface area contributed by atoms with E-state index in [1.165, 1.54) is 27.7 Å². The minimum atomic E-state index is -1.23. The summed E-state index contributed by atoms with van der Waals surface area (Å²) in [6.45, 7) is 24.6. The number of carbonyl (C=O) groups is 8. The van der Waals surface area contributed by atoms with Crippen LogP contribution in [0.5, 0.6) is 0 Å². The Bertz CT molecular complexity index is 1510. The molecule has 0 heterocycles. The number of amides is 4. The Kier molecular flexibility index (Phi) is 17.9. The van der Waals surface area contributed by atoms with Gasteiger partial charge >= 0.3 is 35.8 Å². The Morgan fingerprint density at radius 1 is 0.490 bits per heavy atom. The molecule has 0 aliphatic carbocycles. The smallest absolute Gasteiger partial charge is 0.340 e. The average Bonchev–Trinajstić information content (AvgIpc) is 3.06. The molecular weight excluding hydrogens is 648 g/mol. The van der Waals surface area contributed by atoms with Crippen LogP contribution in [-0.4, -0.2) is 47.5 Å². The van der Waals surface area contributed by atoms with Crippen LogP contribution in [0.25, 0.3) is 0 Å². The lowest BCUT2D eigenvalue weighted by molar-refractivity contribution is -0.147. The summed E-state index contributed by atoms with van der Waals surface area (Å²) in [7, 11) is 0. The third kappa shape index (κ3) is 15.7. The van der Waals surface area contributed by atoms with E-state index < -0.39 is 71.0 Å². The van der Waals surface area contributed by atoms with Crippen molar-refractivity contribution in [2.45, 2.75) is 27.7 Å². The molecule has 260 valence electrons. The summed E-state index contributed by atoms with van der Waals surface area (Å²) >= 11 is 0. The normalized spacial score (nSPS) is 11.7. The van der Waals surface area contributed by atoms with E-state index in [2.05, 4.69) is 60.7 Å². The van der Waals surface area contributed by atoms with Gasteiger partial charge in [-0.05, 0) is 39.8 Å². The minimum Gasteiger partial charge on any atom is -0.431 e. The van der Waals surface area contributed by atoms with Crippen molar-refractivity contribution in [3.8, 4) is 0 Å². The van der Waals surface area contributed by atoms with Crippen molar-refractivity contribution < 1.29 is 62.0 Å². The van der Waals surface area contributed by atoms with Gasteiger partial charge in [-0.2, -0.15) is 0 Å². The zero-order chi connectivity index (χ0) is 37.8. The third-order valence-electron chi connectivity index (χ3n) is 4.76. The second-order valence-corrected chi connectivity index (χ2v) is 8.95. The van der Waals surface area contributed by atoms with Gasteiger partial charge in [0.2, 0.25) is 11.8 Å². The maximum absolute atomic E-state index is 13.0. The van der Waals surface area contributed by atoms with Crippen molar-refractivity contribution in [1.82, 2.24) is 21.3 Å². The number of esters is 4. The van der Waals surface area contributed by atoms with Crippen LogP contribution >= 0.6 is 0 Å². The number of ether oxygens (including phenoxy) is 5. The van der Waals surface area contributed by atoms with Crippen LogP contribution in [0.1, 0.15) is 27.7 Å². The average molecular weight is 683 g/mol. The van der Waals surface area contributed by atoms with Gasteiger partial charge in [0.1, 0.15) is 12.5 Å². The molecule has 0 saturated heterocycles. The molecule has 0 rings (SSSR count). The maximum Gasteiger partial charge on any atom is 0.340 e. The van der Waals surface area contributed by atoms with Crippen LogP contribution in [0.3, 0.4) is 0 Å². The second-order valence-electron chi connectivity index (χ2n) is 8.95. The topological polar surface area (TPSA) is 231 Å². The third-order valence-corrected chi connectivity index (χ3v) is 4.76. The second kappa shape index (κ2) is 20.9. The van der Waals surface area contributed by atoms with Gasteiger partial charge in [-0.25, -0.2) is 19.2 Å². The molecule has 4 amide bonds. The van der Waals surface area contributed by atoms with E-state index in [0.29, 0.717) is 0 Å². The first-order valence-electron chi connectivity index (χ1n) is 13.3. The van der Waals surface area contributed by atoms with E-state index in [9.17, 15) is 38.4 Å². The van der Waals surface area contributed by atoms with E-state index in [1.807, 2.05) is 0 Å². The van der Waals surface area contributed by atoms with Gasteiger partial charge in [0.05, 0.1) is 0 Å². The highest BCUT2D eigenvalue weighted by molar-refractivity contribution is 5.97. The number of hydrogen-bond donors (Lipinski definition) is 4. The summed E-state index contributed by atoms with van der Waals surface area (Å²) in [6, 6.07) is 0. The Balaban J connectivity index is 7.68. The zero-order valence-corrected chi connectivity index (χ0v) is 27.0. The zero-order valence-electron chi connectivity index (χ0n) is 27.0. The van der Waals surface area contributed by atoms with Gasteiger partial charge in [-0.3, -0.25) is 19.2 Å². The summed E-state index contributed by atoms with van der Waals surface area (Å²) in [5, 5.41) is 8.49. The lowest BCUT2D eigenvalue weighted by atomic mass is 10.3. The lowest BCUT2D eigenvalue weighted by Gasteiger charge is -2.20. The highest BCUT2D eigenvalue weighted by Gasteiger charge is 2.27. The molecule has 0 fully saturated rings. The quantitative estimate of drug-likeness (QED) is 0.0697. The van der Waals surface area contributed by atoms with E-state index >= 15 is 0 Å². The Morgan fingerprint density at radius 2 is 0.816 bits per heavy atom. The summed E-state index contributed by atoms with van der Waals surface area (Å²) < 4.78 is 25.2. The highest BCUT2D eigenvalue weighted by atomic mass is 16.8. The molecule has 0 aromatic carbocycles. The number of rotatable bonds is 18. The molecule has 0 aromatic heterocycles. The van der Waals surface area contributed by atoms with Gasteiger partial charge in [0.15, 0.2) is 11.6 Å². The number of nitrogens with one attached hydrogen (secondary N) is 4. The standard InChI is InChI=1S/C32H34N4O13/c1-11-21(37)33-25(35-27(41)19(9)15-45-23(39)13-3)31(47-29(43)17(5)6)49-32(48-30(44)18(7)8)26(34-22(38)12-2)36-28(42)20(10)16-46-24(40)14-4/h11-16H,1-5,7H2,6,8-10H3,(H,33,37)(H,34,38)(H,35,41)(H,36,42). The Morgan fingerprint density at radius 3 is 1.08 bits per heavy atom. The van der Waals surface area contributed by atoms with E-state index in [0.717, 1.165) is 36.8 Å². The molecule has 17 nitrogen and oxygen atoms in total. The van der Waals surface area contributed by atoms with Crippen molar-refractivity contribution in [2.75, 3.05) is 0 Å². The molecule has 0 aliphatic heterocycles. The minimum absolute atomic E-state index is 0.248. The van der Waals surface area contributed by atoms with Crippen LogP contribution in [0.15, 0.2) is 122 Å². The summed E-state index contributed by atoms with van der Waals surface area (Å²) in [6.07, 6.45) is 4.56. The molecule has 0 atom stereocenters. The summed E-state index contributed by atoms with van der Waals surface area (Å²) in [4.78, 5) is 98.9. The fourth-order valence-electron chi connectivity index (χ4n) is 2.21. The number of carbonyl (C=O) groups excluding carboxylic acids is 8. The molecule has 0 aromatic rings. The monoisotopic (exact) mass is 682 g/mol. The fourth-order valence-corrected chi connectivity index (χ4v) is 2.21. The molecule has 0 aliphatic rings. The molecule has 17 heteroatoms. The number of hydrogen-bond acceptors (Lipinski definition) is 13. The predicted molar refractivity (Wildman–Crippen MR) is 170 cm³/mol. The molecule has 0 spiro atoms. The predicted octanol–water partition coefficient (Wildman–Crippen LogP) is 1.60. The first-order valence-corrected chi connectivity index (χ1v) is 13.3. The molecule has 0 radical (unpaired) electrons. The summed E-state index contributed by atoms with van der Waals surface area (Å²) in [5.74, 6) is -12.5. The SMILES string of the molecule is C=CC(=O)NC(NC(=O)C(C)=COC(=O)C=C)=C(OC(=O)C(=C)C)OC(OC(=O)C(=C)C)=C(NC(=O)C=C)NC(=O)C(C)=COC(=O)C=C. The van der Waals surface area contributed by atoms with Crippen molar-refractivity contribution in [3.05, 3.63) is 122 Å². The fraction of sp³-hybridized carbons (Fsp3) is 0.125. The van der Waals surface area contributed by atoms with Gasteiger partial charge < -0.3 is 45.0 Å². The van der Waals surface area contributed by atoms with Gasteiger partial charge in [0, 0.05) is 34.4 Å². The molecular formula is C32H34N4O13. The van der Waals surface area contributed by atoms with Crippen LogP contribution in [-0.2, 0) is 62.0 Å². The van der Waals surface area contributed by atoms with Crippen LogP contribution in [0.2, 0.25) is 0 Å². The van der Waals surface area contributed by atoms with Crippen molar-refractivity contribution in [2.24, 2.45) is 0 Å². The highest BCUT2D eigenvalue weighted by Crippen LogP contribution is 2.18. The van der Waals surface area contributed by atoms with Gasteiger partial charge in [-0.1, -0.05) is 39.5 Å². The van der Waals surface area contributed by atoms with Crippen LogP contribution in [0, 0.1) is 0 Å². The van der Waals surface area contributed by atoms with E-state index in [1.54, 1.807) is 0 Å². The van der Waals surface area contributed by atoms with E-state index in [-0.39, 0.29) is 22.3 Å². The van der Waals surface area contributed by atoms with Crippen LogP contribution in [0.4, 0.5) is 0 Å². The lowest BCUT2D eigenvalue weighted by Crippen LogP contribution is -2.39. The van der Waals surface area contributed by atoms with E-state index in [4.69, 9.17) is 23.7 Å². The molecule has 0 unspecified atom stereocenters. The molecule has 49 heavy (non-hydrogen) atoms. The first kappa shape index (κ1) is 42.0. The van der Waals surface area contributed by atoms with Crippen LogP contribution < -0.4 is 21.3 Å². The van der Waals surface area contributed by atoms with Crippen molar-refractivity contribution in [1.29, 1.82) is 0 Å². The Labute approximate surface area is 280 Å². The molecule has 4 N–H and O–H groups in total. The first-order chi connectivity index (χ1) is 22.9. The van der Waals surface area contributed by atoms with Gasteiger partial charge in [-0.15, -0.1) is 0 Å². The van der Waals surface area contributed by atoms with Crippen molar-refractivity contribution in [3.63, 3.8) is 0 Å². The molecule has 0 saturated carbocycles. The molecule has 0 bridgehead atoms. The summed E-state index contributed by atoms with van der Waals surface area (Å²) in [5.41, 5.74) is -1.08. The van der Waals surface area contributed by atoms with Gasteiger partial charge in [0.25, 0.3) is 11.8 Å². The largest absolute Gasteiger partial charge is 0.431 e.